The van der Waals surface area contributed by atoms with Gasteiger partial charge in [0, 0.05) is 6.42 Å². The largest absolute Gasteiger partial charge is 0.460 e. The van der Waals surface area contributed by atoms with Gasteiger partial charge >= 0.3 is 5.97 Å². The molecule has 0 fully saturated rings. The van der Waals surface area contributed by atoms with Crippen LogP contribution in [-0.4, -0.2) is 28.6 Å². The molecule has 0 aliphatic rings. The van der Waals surface area contributed by atoms with Crippen molar-refractivity contribution in [2.75, 3.05) is 0 Å². The molecule has 116 valence electrons. The predicted molar refractivity (Wildman–Crippen MR) is 75.6 cm³/mol. The minimum Gasteiger partial charge on any atom is -0.460 e. The third-order valence-corrected chi connectivity index (χ3v) is 2.37. The number of hydrogen-bond acceptors (Lipinski definition) is 5. The van der Waals surface area contributed by atoms with Crippen LogP contribution in [0.4, 0.5) is 0 Å². The molecule has 1 N–H and O–H groups in total. The predicted octanol–water partition coefficient (Wildman–Crippen LogP) is 2.77. The summed E-state index contributed by atoms with van der Waals surface area (Å²) in [6.07, 6.45) is 0.515. The molecule has 0 heterocycles. The minimum atomic E-state index is -1.32. The van der Waals surface area contributed by atoms with Crippen molar-refractivity contribution in [2.45, 2.75) is 78.3 Å². The van der Waals surface area contributed by atoms with E-state index in [1.54, 1.807) is 20.8 Å². The first kappa shape index (κ1) is 18.9. The topological polar surface area (TPSA) is 79.6 Å². The van der Waals surface area contributed by atoms with Gasteiger partial charge in [-0.2, -0.15) is 5.26 Å². The van der Waals surface area contributed by atoms with Crippen LogP contribution in [0.3, 0.4) is 0 Å². The monoisotopic (exact) mass is 285 g/mol. The van der Waals surface area contributed by atoms with Crippen molar-refractivity contribution in [3.63, 3.8) is 0 Å². The number of esters is 1. The molecule has 0 amide bonds. The lowest BCUT2D eigenvalue weighted by Crippen LogP contribution is -2.34. The molecule has 0 saturated carbocycles. The van der Waals surface area contributed by atoms with E-state index in [1.165, 1.54) is 13.8 Å². The summed E-state index contributed by atoms with van der Waals surface area (Å²) in [4.78, 5) is 11.8. The van der Waals surface area contributed by atoms with E-state index in [9.17, 15) is 9.90 Å². The number of nitrogens with zero attached hydrogens (tertiary/aromatic N) is 1. The molecular weight excluding hydrogens is 258 g/mol. The van der Waals surface area contributed by atoms with Gasteiger partial charge in [-0.1, -0.05) is 6.92 Å². The smallest absolute Gasteiger partial charge is 0.308 e. The highest BCUT2D eigenvalue weighted by atomic mass is 16.6. The molecule has 5 nitrogen and oxygen atoms in total. The van der Waals surface area contributed by atoms with Gasteiger partial charge in [0.05, 0.1) is 18.6 Å². The van der Waals surface area contributed by atoms with Gasteiger partial charge in [0.15, 0.2) is 5.79 Å². The molecule has 0 aromatic rings. The van der Waals surface area contributed by atoms with E-state index in [0.717, 1.165) is 0 Å². The highest BCUT2D eigenvalue weighted by Crippen LogP contribution is 2.21. The fourth-order valence-electron chi connectivity index (χ4n) is 1.84. The third-order valence-electron chi connectivity index (χ3n) is 2.37. The SMILES string of the molecule is CC(CC#N)CC(CC(=O)OC(C)(C)C)OC(C)(C)O. The van der Waals surface area contributed by atoms with E-state index >= 15 is 0 Å². The van der Waals surface area contributed by atoms with Gasteiger partial charge in [-0.25, -0.2) is 0 Å². The van der Waals surface area contributed by atoms with Gasteiger partial charge in [0.1, 0.15) is 5.60 Å². The van der Waals surface area contributed by atoms with Crippen LogP contribution >= 0.6 is 0 Å². The van der Waals surface area contributed by atoms with Crippen molar-refractivity contribution >= 4 is 5.97 Å². The molecule has 2 atom stereocenters. The quantitative estimate of drug-likeness (QED) is 0.574. The second kappa shape index (κ2) is 7.61. The van der Waals surface area contributed by atoms with Gasteiger partial charge < -0.3 is 14.6 Å². The maximum atomic E-state index is 11.8. The van der Waals surface area contributed by atoms with Crippen molar-refractivity contribution in [3.05, 3.63) is 0 Å². The minimum absolute atomic E-state index is 0.0665. The molecule has 0 rings (SSSR count). The van der Waals surface area contributed by atoms with Crippen LogP contribution in [0.5, 0.6) is 0 Å². The first-order valence-corrected chi connectivity index (χ1v) is 6.92. The third kappa shape index (κ3) is 10.8. The standard InChI is InChI=1S/C15H27NO4/c1-11(7-8-16)9-12(19-15(5,6)18)10-13(17)20-14(2,3)4/h11-12,18H,7,9-10H2,1-6H3. The maximum Gasteiger partial charge on any atom is 0.308 e. The summed E-state index contributed by atoms with van der Waals surface area (Å²) in [5.41, 5.74) is -0.547. The van der Waals surface area contributed by atoms with Crippen molar-refractivity contribution < 1.29 is 19.4 Å². The average Bonchev–Trinajstić information content (AvgIpc) is 2.10. The Morgan fingerprint density at radius 1 is 1.30 bits per heavy atom. The van der Waals surface area contributed by atoms with Gasteiger partial charge in [0.25, 0.3) is 0 Å². The van der Waals surface area contributed by atoms with Crippen molar-refractivity contribution in [2.24, 2.45) is 5.92 Å². The van der Waals surface area contributed by atoms with Crippen molar-refractivity contribution in [1.29, 1.82) is 5.26 Å². The van der Waals surface area contributed by atoms with E-state index in [1.807, 2.05) is 6.92 Å². The molecule has 0 spiro atoms. The zero-order valence-corrected chi connectivity index (χ0v) is 13.4. The Bertz CT molecular complexity index is 346. The van der Waals surface area contributed by atoms with Crippen LogP contribution in [-0.2, 0) is 14.3 Å². The number of aliphatic hydroxyl groups is 1. The first-order valence-electron chi connectivity index (χ1n) is 6.92. The second-order valence-corrected chi connectivity index (χ2v) is 6.68. The van der Waals surface area contributed by atoms with Gasteiger partial charge in [-0.15, -0.1) is 0 Å². The molecule has 0 saturated heterocycles. The Morgan fingerprint density at radius 3 is 2.25 bits per heavy atom. The summed E-state index contributed by atoms with van der Waals surface area (Å²) in [5.74, 6) is -1.59. The van der Waals surface area contributed by atoms with Crippen LogP contribution in [0.25, 0.3) is 0 Å². The Labute approximate surface area is 121 Å². The van der Waals surface area contributed by atoms with Crippen LogP contribution in [0.1, 0.15) is 60.8 Å². The average molecular weight is 285 g/mol. The molecule has 0 aliphatic heterocycles. The highest BCUT2D eigenvalue weighted by Gasteiger charge is 2.27. The fraction of sp³-hybridized carbons (Fsp3) is 0.867. The molecule has 0 radical (unpaired) electrons. The molecule has 20 heavy (non-hydrogen) atoms. The number of ether oxygens (including phenoxy) is 2. The number of hydrogen-bond donors (Lipinski definition) is 1. The lowest BCUT2D eigenvalue weighted by Gasteiger charge is -2.28. The molecule has 0 aromatic heterocycles. The van der Waals surface area contributed by atoms with Crippen LogP contribution in [0.15, 0.2) is 0 Å². The summed E-state index contributed by atoms with van der Waals surface area (Å²) in [7, 11) is 0. The molecule has 2 unspecified atom stereocenters. The Morgan fingerprint density at radius 2 is 1.85 bits per heavy atom. The number of carbonyl (C=O) groups excluding carboxylic acids is 1. The Balaban J connectivity index is 4.61. The van der Waals surface area contributed by atoms with Gasteiger partial charge in [-0.05, 0) is 47.0 Å². The highest BCUT2D eigenvalue weighted by molar-refractivity contribution is 5.70. The molecule has 0 aromatic carbocycles. The van der Waals surface area contributed by atoms with Crippen molar-refractivity contribution in [3.8, 4) is 6.07 Å². The van der Waals surface area contributed by atoms with Gasteiger partial charge in [0.2, 0.25) is 0 Å². The van der Waals surface area contributed by atoms with Crippen LogP contribution in [0.2, 0.25) is 0 Å². The summed E-state index contributed by atoms with van der Waals surface area (Å²) in [6, 6.07) is 2.09. The maximum absolute atomic E-state index is 11.8. The summed E-state index contributed by atoms with van der Waals surface area (Å²) in [5, 5.41) is 18.4. The van der Waals surface area contributed by atoms with E-state index in [4.69, 9.17) is 14.7 Å². The Kier molecular flexibility index (Phi) is 7.18. The lowest BCUT2D eigenvalue weighted by atomic mass is 9.98. The zero-order chi connectivity index (χ0) is 16.0. The second-order valence-electron chi connectivity index (χ2n) is 6.68. The number of carbonyl (C=O) groups is 1. The summed E-state index contributed by atoms with van der Waals surface area (Å²) in [6.45, 7) is 10.4. The lowest BCUT2D eigenvalue weighted by molar-refractivity contribution is -0.213. The number of nitriles is 1. The fourth-order valence-corrected chi connectivity index (χ4v) is 1.84. The molecule has 0 aliphatic carbocycles. The van der Waals surface area contributed by atoms with Crippen molar-refractivity contribution in [1.82, 2.24) is 0 Å². The van der Waals surface area contributed by atoms with Crippen LogP contribution < -0.4 is 0 Å². The molecule has 5 heteroatoms. The summed E-state index contributed by atoms with van der Waals surface area (Å²) >= 11 is 0. The Hall–Kier alpha value is -1.12. The van der Waals surface area contributed by atoms with E-state index in [-0.39, 0.29) is 18.3 Å². The van der Waals surface area contributed by atoms with E-state index in [0.29, 0.717) is 12.8 Å². The van der Waals surface area contributed by atoms with E-state index < -0.39 is 17.5 Å². The normalized spacial score (nSPS) is 15.3. The zero-order valence-electron chi connectivity index (χ0n) is 13.4. The summed E-state index contributed by atoms with van der Waals surface area (Å²) < 4.78 is 10.7. The first-order chi connectivity index (χ1) is 8.93. The van der Waals surface area contributed by atoms with E-state index in [2.05, 4.69) is 6.07 Å². The molecule has 0 bridgehead atoms. The number of rotatable bonds is 7. The van der Waals surface area contributed by atoms with Crippen LogP contribution in [0, 0.1) is 17.2 Å². The van der Waals surface area contributed by atoms with Gasteiger partial charge in [-0.3, -0.25) is 4.79 Å². The molecular formula is C15H27NO4.